The SMILES string of the molecule is N=C(/C=C(\N)C(F)(F)F)C(F)(F)C(F)(F)F. The molecule has 0 radical (unpaired) electrons. The lowest BCUT2D eigenvalue weighted by molar-refractivity contribution is -0.249. The number of allylic oxidation sites excluding steroid dienone is 2. The van der Waals surface area contributed by atoms with Crippen molar-refractivity contribution < 1.29 is 35.1 Å². The maximum Gasteiger partial charge on any atom is 0.459 e. The van der Waals surface area contributed by atoms with Gasteiger partial charge < -0.3 is 5.73 Å². The van der Waals surface area contributed by atoms with Crippen LogP contribution in [0.25, 0.3) is 0 Å². The first kappa shape index (κ1) is 14.7. The Balaban J connectivity index is 5.13. The van der Waals surface area contributed by atoms with E-state index in [9.17, 15) is 35.1 Å². The molecule has 0 aliphatic carbocycles. The van der Waals surface area contributed by atoms with Gasteiger partial charge in [0.1, 0.15) is 11.4 Å². The van der Waals surface area contributed by atoms with Crippen molar-refractivity contribution in [3.63, 3.8) is 0 Å². The number of hydrogen-bond donors (Lipinski definition) is 2. The molecule has 0 aromatic heterocycles. The average Bonchev–Trinajstić information content (AvgIpc) is 1.99. The molecule has 0 unspecified atom stereocenters. The Bertz CT molecular complexity index is 309. The maximum absolute atomic E-state index is 12.3. The molecule has 10 heteroatoms. The molecule has 0 amide bonds. The summed E-state index contributed by atoms with van der Waals surface area (Å²) in [6.07, 6.45) is -12.2. The van der Waals surface area contributed by atoms with Crippen LogP contribution in [0.5, 0.6) is 0 Å². The number of hydrogen-bond acceptors (Lipinski definition) is 2. The molecule has 0 fully saturated rings. The smallest absolute Gasteiger partial charge is 0.395 e. The van der Waals surface area contributed by atoms with Gasteiger partial charge in [0.15, 0.2) is 0 Å². The molecule has 0 atom stereocenters. The van der Waals surface area contributed by atoms with Gasteiger partial charge in [-0.25, -0.2) is 0 Å². The highest BCUT2D eigenvalue weighted by atomic mass is 19.4. The van der Waals surface area contributed by atoms with Crippen LogP contribution >= 0.6 is 0 Å². The van der Waals surface area contributed by atoms with E-state index in [1.807, 2.05) is 0 Å². The van der Waals surface area contributed by atoms with E-state index in [-0.39, 0.29) is 0 Å². The Morgan fingerprint density at radius 2 is 1.31 bits per heavy atom. The quantitative estimate of drug-likeness (QED) is 0.579. The molecule has 0 saturated heterocycles. The second-order valence-electron chi connectivity index (χ2n) is 2.58. The van der Waals surface area contributed by atoms with Crippen molar-refractivity contribution in [3.05, 3.63) is 11.8 Å². The lowest BCUT2D eigenvalue weighted by Crippen LogP contribution is -2.43. The topological polar surface area (TPSA) is 49.9 Å². The molecule has 0 heterocycles. The van der Waals surface area contributed by atoms with E-state index in [1.165, 1.54) is 0 Å². The molecule has 0 spiro atoms. The molecular formula is C6H4F8N2. The standard InChI is InChI=1S/C6H4F8N2/c7-4(8,6(12,13)14)2(15)1-3(16)5(9,10)11/h1,15H,16H2/b3-1-,15-2?. The number of halogens is 8. The summed E-state index contributed by atoms with van der Waals surface area (Å²) in [7, 11) is 0. The summed E-state index contributed by atoms with van der Waals surface area (Å²) in [6.45, 7) is 0. The van der Waals surface area contributed by atoms with Gasteiger partial charge in [0, 0.05) is 0 Å². The van der Waals surface area contributed by atoms with Crippen molar-refractivity contribution in [1.29, 1.82) is 5.41 Å². The molecular weight excluding hydrogens is 252 g/mol. The van der Waals surface area contributed by atoms with E-state index < -0.39 is 35.8 Å². The third-order valence-corrected chi connectivity index (χ3v) is 1.32. The van der Waals surface area contributed by atoms with Crippen molar-refractivity contribution >= 4 is 5.71 Å². The van der Waals surface area contributed by atoms with Crippen molar-refractivity contribution in [3.8, 4) is 0 Å². The Morgan fingerprint density at radius 1 is 0.938 bits per heavy atom. The van der Waals surface area contributed by atoms with Gasteiger partial charge in [-0.05, 0) is 6.08 Å². The highest BCUT2D eigenvalue weighted by molar-refractivity contribution is 5.99. The number of alkyl halides is 8. The Hall–Kier alpha value is -1.35. The van der Waals surface area contributed by atoms with Crippen molar-refractivity contribution in [2.24, 2.45) is 5.73 Å². The summed E-state index contributed by atoms with van der Waals surface area (Å²) >= 11 is 0. The maximum atomic E-state index is 12.3. The summed E-state index contributed by atoms with van der Waals surface area (Å²) in [5.74, 6) is -5.68. The summed E-state index contributed by atoms with van der Waals surface area (Å²) in [4.78, 5) is 0. The van der Waals surface area contributed by atoms with E-state index in [4.69, 9.17) is 5.41 Å². The van der Waals surface area contributed by atoms with Crippen LogP contribution in [0, 0.1) is 5.41 Å². The van der Waals surface area contributed by atoms with Gasteiger partial charge in [-0.1, -0.05) is 0 Å². The van der Waals surface area contributed by atoms with E-state index in [1.54, 1.807) is 0 Å². The van der Waals surface area contributed by atoms with Crippen LogP contribution in [0.2, 0.25) is 0 Å². The lowest BCUT2D eigenvalue weighted by atomic mass is 10.1. The molecule has 0 saturated carbocycles. The van der Waals surface area contributed by atoms with Crippen molar-refractivity contribution in [2.75, 3.05) is 0 Å². The molecule has 2 nitrogen and oxygen atoms in total. The van der Waals surface area contributed by atoms with Gasteiger partial charge in [-0.3, -0.25) is 5.41 Å². The molecule has 94 valence electrons. The van der Waals surface area contributed by atoms with Crippen LogP contribution < -0.4 is 5.73 Å². The van der Waals surface area contributed by atoms with E-state index in [0.29, 0.717) is 0 Å². The van der Waals surface area contributed by atoms with Gasteiger partial charge in [-0.15, -0.1) is 0 Å². The fraction of sp³-hybridized carbons (Fsp3) is 0.500. The third kappa shape index (κ3) is 3.07. The Labute approximate surface area is 83.2 Å². The number of nitrogens with one attached hydrogen (secondary N) is 1. The largest absolute Gasteiger partial charge is 0.459 e. The summed E-state index contributed by atoms with van der Waals surface area (Å²) in [5, 5.41) is 6.23. The van der Waals surface area contributed by atoms with Crippen LogP contribution in [0.15, 0.2) is 11.8 Å². The van der Waals surface area contributed by atoms with Crippen LogP contribution in [-0.2, 0) is 0 Å². The predicted octanol–water partition coefficient (Wildman–Crippen LogP) is 2.61. The average molecular weight is 256 g/mol. The normalized spacial score (nSPS) is 15.1. The van der Waals surface area contributed by atoms with Crippen molar-refractivity contribution in [2.45, 2.75) is 18.3 Å². The summed E-state index contributed by atoms with van der Waals surface area (Å²) < 4.78 is 94.3. The zero-order valence-electron chi connectivity index (χ0n) is 7.18. The molecule has 0 aromatic carbocycles. The molecule has 3 N–H and O–H groups in total. The first-order valence-corrected chi connectivity index (χ1v) is 3.38. The van der Waals surface area contributed by atoms with E-state index in [0.717, 1.165) is 0 Å². The third-order valence-electron chi connectivity index (χ3n) is 1.32. The second kappa shape index (κ2) is 3.91. The van der Waals surface area contributed by atoms with Gasteiger partial charge in [-0.2, -0.15) is 35.1 Å². The molecule has 0 bridgehead atoms. The summed E-state index contributed by atoms with van der Waals surface area (Å²) in [6, 6.07) is 0. The van der Waals surface area contributed by atoms with Crippen LogP contribution in [0.3, 0.4) is 0 Å². The fourth-order valence-electron chi connectivity index (χ4n) is 0.481. The van der Waals surface area contributed by atoms with Crippen LogP contribution in [0.4, 0.5) is 35.1 Å². The fourth-order valence-corrected chi connectivity index (χ4v) is 0.481. The minimum atomic E-state index is -6.15. The zero-order valence-corrected chi connectivity index (χ0v) is 7.18. The minimum absolute atomic E-state index is 0.770. The van der Waals surface area contributed by atoms with Crippen molar-refractivity contribution in [1.82, 2.24) is 0 Å². The molecule has 0 aliphatic rings. The first-order chi connectivity index (χ1) is 6.80. The van der Waals surface area contributed by atoms with Gasteiger partial charge in [0.25, 0.3) is 0 Å². The van der Waals surface area contributed by atoms with Gasteiger partial charge in [0.05, 0.1) is 0 Å². The van der Waals surface area contributed by atoms with Crippen LogP contribution in [-0.4, -0.2) is 24.0 Å². The highest BCUT2D eigenvalue weighted by Crippen LogP contribution is 2.37. The predicted molar refractivity (Wildman–Crippen MR) is 37.1 cm³/mol. The molecule has 16 heavy (non-hydrogen) atoms. The lowest BCUT2D eigenvalue weighted by Gasteiger charge is -2.19. The Kier molecular flexibility index (Phi) is 3.58. The second-order valence-corrected chi connectivity index (χ2v) is 2.58. The zero-order chi connectivity index (χ0) is 13.4. The highest BCUT2D eigenvalue weighted by Gasteiger charge is 2.60. The minimum Gasteiger partial charge on any atom is -0.395 e. The first-order valence-electron chi connectivity index (χ1n) is 3.38. The van der Waals surface area contributed by atoms with Gasteiger partial charge in [0.2, 0.25) is 0 Å². The number of rotatable bonds is 2. The van der Waals surface area contributed by atoms with Crippen LogP contribution in [0.1, 0.15) is 0 Å². The van der Waals surface area contributed by atoms with Gasteiger partial charge >= 0.3 is 18.3 Å². The summed E-state index contributed by atoms with van der Waals surface area (Å²) in [5.41, 5.74) is -0.595. The van der Waals surface area contributed by atoms with E-state index in [2.05, 4.69) is 5.73 Å². The molecule has 0 rings (SSSR count). The molecule has 0 aromatic rings. The van der Waals surface area contributed by atoms with E-state index >= 15 is 0 Å². The monoisotopic (exact) mass is 256 g/mol. The molecule has 0 aliphatic heterocycles. The number of nitrogens with two attached hydrogens (primary N) is 1. The Morgan fingerprint density at radius 3 is 1.56 bits per heavy atom.